The minimum atomic E-state index is -0.392. The van der Waals surface area contributed by atoms with Crippen LogP contribution in [0.2, 0.25) is 0 Å². The van der Waals surface area contributed by atoms with Gasteiger partial charge in [-0.05, 0) is 42.7 Å². The Balaban J connectivity index is 1.09. The number of nitro groups is 1. The molecule has 206 valence electrons. The smallest absolute Gasteiger partial charge is 0.269 e. The Labute approximate surface area is 238 Å². The molecular weight excluding hydrogens is 524 g/mol. The molecule has 0 radical (unpaired) electrons. The number of hydrogen-bond acceptors (Lipinski definition) is 7. The second-order valence-electron chi connectivity index (χ2n) is 9.68. The fraction of sp³-hybridized carbons (Fsp3) is 0.300. The van der Waals surface area contributed by atoms with Crippen molar-refractivity contribution in [2.45, 2.75) is 30.8 Å². The molecule has 0 aliphatic carbocycles. The maximum atomic E-state index is 12.8. The van der Waals surface area contributed by atoms with Crippen molar-refractivity contribution < 1.29 is 9.72 Å². The predicted molar refractivity (Wildman–Crippen MR) is 157 cm³/mol. The highest BCUT2D eigenvalue weighted by molar-refractivity contribution is 7.99. The fourth-order valence-electron chi connectivity index (χ4n) is 4.82. The summed E-state index contributed by atoms with van der Waals surface area (Å²) >= 11 is 1.68. The van der Waals surface area contributed by atoms with E-state index in [1.54, 1.807) is 23.9 Å². The Bertz CT molecular complexity index is 1400. The minimum Gasteiger partial charge on any atom is -0.368 e. The van der Waals surface area contributed by atoms with Crippen molar-refractivity contribution in [1.82, 2.24) is 19.7 Å². The molecule has 1 fully saturated rings. The number of non-ortho nitro benzene ring substituents is 1. The summed E-state index contributed by atoms with van der Waals surface area (Å²) in [5.41, 5.74) is 3.27. The number of para-hydroxylation sites is 1. The van der Waals surface area contributed by atoms with E-state index in [0.717, 1.165) is 54.0 Å². The molecule has 0 saturated carbocycles. The fourth-order valence-corrected chi connectivity index (χ4v) is 5.79. The van der Waals surface area contributed by atoms with E-state index in [1.165, 1.54) is 17.7 Å². The van der Waals surface area contributed by atoms with Gasteiger partial charge in [0.1, 0.15) is 5.82 Å². The molecule has 0 unspecified atom stereocenters. The number of carbonyl (C=O) groups excluding carboxylic acids is 1. The van der Waals surface area contributed by atoms with Crippen LogP contribution in [0.4, 0.5) is 11.4 Å². The standard InChI is InChI=1S/C30H32N6O3S/c37-29(34-20-18-33(19-21-34)25-14-16-27(17-15-25)36(38)39)13-7-8-22-40-30-32-31-28(23-24-9-3-1-4-10-24)35(30)26-11-5-2-6-12-26/h1-6,9-12,14-17H,7-8,13,18-23H2. The van der Waals surface area contributed by atoms with Crippen molar-refractivity contribution in [2.75, 3.05) is 36.8 Å². The first kappa shape index (κ1) is 27.4. The molecule has 1 aromatic heterocycles. The number of unbranched alkanes of at least 4 members (excludes halogenated alkanes) is 1. The molecule has 2 heterocycles. The quantitative estimate of drug-likeness (QED) is 0.106. The van der Waals surface area contributed by atoms with E-state index in [0.29, 0.717) is 25.9 Å². The van der Waals surface area contributed by atoms with Crippen LogP contribution in [0.3, 0.4) is 0 Å². The van der Waals surface area contributed by atoms with Crippen molar-refractivity contribution in [3.63, 3.8) is 0 Å². The van der Waals surface area contributed by atoms with Crippen molar-refractivity contribution in [2.24, 2.45) is 0 Å². The Kier molecular flexibility index (Phi) is 9.07. The van der Waals surface area contributed by atoms with Crippen LogP contribution in [-0.4, -0.2) is 62.4 Å². The number of carbonyl (C=O) groups is 1. The van der Waals surface area contributed by atoms with E-state index in [4.69, 9.17) is 0 Å². The van der Waals surface area contributed by atoms with Crippen molar-refractivity contribution in [3.05, 3.63) is 106 Å². The lowest BCUT2D eigenvalue weighted by Crippen LogP contribution is -2.48. The Morgan fingerprint density at radius 1 is 0.825 bits per heavy atom. The summed E-state index contributed by atoms with van der Waals surface area (Å²) in [5.74, 6) is 1.95. The number of amides is 1. The number of aromatic nitrogens is 3. The number of thioether (sulfide) groups is 1. The highest BCUT2D eigenvalue weighted by Crippen LogP contribution is 2.25. The highest BCUT2D eigenvalue weighted by atomic mass is 32.2. The molecule has 0 spiro atoms. The third-order valence-electron chi connectivity index (χ3n) is 6.99. The summed E-state index contributed by atoms with van der Waals surface area (Å²) in [6.07, 6.45) is 2.97. The van der Waals surface area contributed by atoms with Gasteiger partial charge in [-0.25, -0.2) is 0 Å². The van der Waals surface area contributed by atoms with Gasteiger partial charge in [-0.1, -0.05) is 60.3 Å². The minimum absolute atomic E-state index is 0.0867. The molecule has 1 aliphatic rings. The molecule has 40 heavy (non-hydrogen) atoms. The third kappa shape index (κ3) is 6.87. The second-order valence-corrected chi connectivity index (χ2v) is 10.7. The van der Waals surface area contributed by atoms with Crippen LogP contribution in [0.5, 0.6) is 0 Å². The summed E-state index contributed by atoms with van der Waals surface area (Å²) in [6, 6.07) is 27.1. The summed E-state index contributed by atoms with van der Waals surface area (Å²) in [4.78, 5) is 27.4. The number of rotatable bonds is 11. The van der Waals surface area contributed by atoms with Crippen LogP contribution in [0.25, 0.3) is 5.69 Å². The maximum absolute atomic E-state index is 12.8. The zero-order valence-electron chi connectivity index (χ0n) is 22.3. The van der Waals surface area contributed by atoms with Crippen LogP contribution >= 0.6 is 11.8 Å². The normalized spacial score (nSPS) is 13.4. The Morgan fingerprint density at radius 3 is 2.17 bits per heavy atom. The number of piperazine rings is 1. The zero-order chi connectivity index (χ0) is 27.7. The molecule has 1 saturated heterocycles. The largest absolute Gasteiger partial charge is 0.368 e. The Hall–Kier alpha value is -4.18. The molecule has 10 heteroatoms. The Morgan fingerprint density at radius 2 is 1.50 bits per heavy atom. The van der Waals surface area contributed by atoms with Gasteiger partial charge < -0.3 is 9.80 Å². The lowest BCUT2D eigenvalue weighted by Gasteiger charge is -2.36. The molecular formula is C30H32N6O3S. The van der Waals surface area contributed by atoms with Gasteiger partial charge in [0.05, 0.1) is 4.92 Å². The number of hydrogen-bond donors (Lipinski definition) is 0. The average Bonchev–Trinajstić information content (AvgIpc) is 3.40. The van der Waals surface area contributed by atoms with E-state index in [1.807, 2.05) is 41.3 Å². The molecule has 0 bridgehead atoms. The summed E-state index contributed by atoms with van der Waals surface area (Å²) in [6.45, 7) is 2.77. The van der Waals surface area contributed by atoms with E-state index in [2.05, 4.69) is 43.9 Å². The molecule has 1 amide bonds. The lowest BCUT2D eigenvalue weighted by atomic mass is 10.1. The van der Waals surface area contributed by atoms with Gasteiger partial charge in [-0.2, -0.15) is 0 Å². The van der Waals surface area contributed by atoms with Gasteiger partial charge >= 0.3 is 0 Å². The van der Waals surface area contributed by atoms with Crippen molar-refractivity contribution in [3.8, 4) is 5.69 Å². The molecule has 0 N–H and O–H groups in total. The number of nitrogens with zero attached hydrogens (tertiary/aromatic N) is 6. The van der Waals surface area contributed by atoms with Crippen LogP contribution < -0.4 is 4.90 Å². The SMILES string of the molecule is O=C(CCCCSc1nnc(Cc2ccccc2)n1-c1ccccc1)N1CCN(c2ccc([N+](=O)[O-])cc2)CC1. The molecule has 1 aliphatic heterocycles. The molecule has 4 aromatic rings. The van der Waals surface area contributed by atoms with Crippen LogP contribution in [0, 0.1) is 10.1 Å². The first-order chi connectivity index (χ1) is 19.6. The average molecular weight is 557 g/mol. The second kappa shape index (κ2) is 13.3. The van der Waals surface area contributed by atoms with E-state index < -0.39 is 4.92 Å². The highest BCUT2D eigenvalue weighted by Gasteiger charge is 2.21. The topological polar surface area (TPSA) is 97.4 Å². The molecule has 5 rings (SSSR count). The number of nitro benzene ring substituents is 1. The number of benzene rings is 3. The molecule has 9 nitrogen and oxygen atoms in total. The summed E-state index contributed by atoms with van der Waals surface area (Å²) in [7, 11) is 0. The van der Waals surface area contributed by atoms with E-state index in [-0.39, 0.29) is 11.6 Å². The summed E-state index contributed by atoms with van der Waals surface area (Å²) < 4.78 is 2.13. The molecule has 0 atom stereocenters. The first-order valence-corrected chi connectivity index (χ1v) is 14.5. The molecule has 3 aromatic carbocycles. The summed E-state index contributed by atoms with van der Waals surface area (Å²) in [5, 5.41) is 20.8. The van der Waals surface area contributed by atoms with Gasteiger partial charge in [-0.3, -0.25) is 19.5 Å². The first-order valence-electron chi connectivity index (χ1n) is 13.5. The van der Waals surface area contributed by atoms with Gasteiger partial charge in [0.15, 0.2) is 5.16 Å². The van der Waals surface area contributed by atoms with Gasteiger partial charge in [-0.15, -0.1) is 10.2 Å². The van der Waals surface area contributed by atoms with Crippen molar-refractivity contribution >= 4 is 29.0 Å². The third-order valence-corrected chi connectivity index (χ3v) is 8.01. The zero-order valence-corrected chi connectivity index (χ0v) is 23.1. The van der Waals surface area contributed by atoms with Gasteiger partial charge in [0, 0.05) is 68.3 Å². The van der Waals surface area contributed by atoms with Gasteiger partial charge in [0.25, 0.3) is 5.69 Å². The number of anilines is 1. The van der Waals surface area contributed by atoms with Crippen molar-refractivity contribution in [1.29, 1.82) is 0 Å². The predicted octanol–water partition coefficient (Wildman–Crippen LogP) is 5.38. The van der Waals surface area contributed by atoms with E-state index in [9.17, 15) is 14.9 Å². The maximum Gasteiger partial charge on any atom is 0.269 e. The van der Waals surface area contributed by atoms with Crippen LogP contribution in [0.1, 0.15) is 30.7 Å². The van der Waals surface area contributed by atoms with E-state index >= 15 is 0 Å². The lowest BCUT2D eigenvalue weighted by molar-refractivity contribution is -0.384. The van der Waals surface area contributed by atoms with Crippen LogP contribution in [0.15, 0.2) is 90.1 Å². The van der Waals surface area contributed by atoms with Gasteiger partial charge in [0.2, 0.25) is 5.91 Å². The van der Waals surface area contributed by atoms with Crippen LogP contribution in [-0.2, 0) is 11.2 Å². The monoisotopic (exact) mass is 556 g/mol.